The highest BCUT2D eigenvalue weighted by atomic mass is 16.4. The van der Waals surface area contributed by atoms with Gasteiger partial charge in [-0.15, -0.1) is 0 Å². The number of pyridine rings is 1. The zero-order chi connectivity index (χ0) is 31.6. The highest BCUT2D eigenvalue weighted by molar-refractivity contribution is 5.90. The molecule has 0 radical (unpaired) electrons. The molecule has 1 saturated heterocycles. The van der Waals surface area contributed by atoms with Gasteiger partial charge in [0.15, 0.2) is 0 Å². The number of hydrogen-bond donors (Lipinski definition) is 7. The van der Waals surface area contributed by atoms with E-state index in [1.165, 1.54) is 38.2 Å². The largest absolute Gasteiger partial charge is 0.478 e. The zero-order valence-corrected chi connectivity index (χ0v) is 22.3. The van der Waals surface area contributed by atoms with Gasteiger partial charge in [0.05, 0.1) is 0 Å². The summed E-state index contributed by atoms with van der Waals surface area (Å²) in [5.74, 6) is -7.54. The predicted octanol–water partition coefficient (Wildman–Crippen LogP) is 0.833. The van der Waals surface area contributed by atoms with Crippen LogP contribution in [0.3, 0.4) is 0 Å². The molecule has 1 aliphatic heterocycles. The Balaban J connectivity index is 0. The maximum absolute atomic E-state index is 9.55. The van der Waals surface area contributed by atoms with Gasteiger partial charge in [-0.3, -0.25) is 4.98 Å². The van der Waals surface area contributed by atoms with Crippen molar-refractivity contribution in [2.75, 3.05) is 26.2 Å². The first-order chi connectivity index (χ1) is 19.3. The van der Waals surface area contributed by atoms with Crippen LogP contribution < -0.4 is 5.32 Å². The van der Waals surface area contributed by atoms with Gasteiger partial charge in [0.1, 0.15) is 0 Å². The van der Waals surface area contributed by atoms with Gasteiger partial charge in [-0.25, -0.2) is 28.8 Å². The normalized spacial score (nSPS) is 13.2. The summed E-state index contributed by atoms with van der Waals surface area (Å²) in [6.07, 6.45) is 8.83. The molecule has 226 valence electrons. The molecule has 41 heavy (non-hydrogen) atoms. The Morgan fingerprint density at radius 1 is 0.756 bits per heavy atom. The van der Waals surface area contributed by atoms with Gasteiger partial charge in [0.25, 0.3) is 0 Å². The molecule has 0 spiro atoms. The van der Waals surface area contributed by atoms with Crippen molar-refractivity contribution in [2.24, 2.45) is 0 Å². The molecule has 2 heterocycles. The monoisotopic (exact) mass is 581 g/mol. The fourth-order valence-corrected chi connectivity index (χ4v) is 2.83. The lowest BCUT2D eigenvalue weighted by atomic mass is 10.0. The van der Waals surface area contributed by atoms with Crippen molar-refractivity contribution in [1.29, 1.82) is 0 Å². The van der Waals surface area contributed by atoms with E-state index in [0.717, 1.165) is 13.0 Å². The van der Waals surface area contributed by atoms with Crippen molar-refractivity contribution in [3.63, 3.8) is 0 Å². The van der Waals surface area contributed by atoms with E-state index in [1.807, 2.05) is 12.3 Å². The average Bonchev–Trinajstić information content (AvgIpc) is 2.92. The number of piperidine rings is 1. The summed E-state index contributed by atoms with van der Waals surface area (Å²) >= 11 is 0. The maximum atomic E-state index is 9.55. The van der Waals surface area contributed by atoms with Crippen LogP contribution in [0.2, 0.25) is 0 Å². The van der Waals surface area contributed by atoms with Crippen LogP contribution in [0, 0.1) is 0 Å². The standard InChI is InChI=1S/C14H23N3.3C4H4O4/c1-2-17-11-7-14(8-12-17)16-10-6-13-5-3-4-9-15-13;3*5-3(6)1-2-4(7)8/h3-5,9,14,16H,2,6-8,10-12H2,1H3;3*1-2H,(H,5,6)(H,7,8)/b;3*2-1-. The second kappa shape index (κ2) is 24.2. The van der Waals surface area contributed by atoms with Crippen LogP contribution in [-0.4, -0.2) is 109 Å². The highest BCUT2D eigenvalue weighted by Gasteiger charge is 2.16. The van der Waals surface area contributed by atoms with Gasteiger partial charge in [0, 0.05) is 67.4 Å². The molecule has 0 saturated carbocycles. The maximum Gasteiger partial charge on any atom is 0.328 e. The number of carboxylic acids is 6. The number of likely N-dealkylation sites (tertiary alicyclic amines) is 1. The summed E-state index contributed by atoms with van der Waals surface area (Å²) in [7, 11) is 0. The van der Waals surface area contributed by atoms with E-state index in [4.69, 9.17) is 30.6 Å². The van der Waals surface area contributed by atoms with E-state index in [0.29, 0.717) is 42.5 Å². The van der Waals surface area contributed by atoms with E-state index in [9.17, 15) is 28.8 Å². The third-order valence-corrected chi connectivity index (χ3v) is 4.68. The smallest absolute Gasteiger partial charge is 0.328 e. The Labute approximate surface area is 235 Å². The van der Waals surface area contributed by atoms with Gasteiger partial charge in [0.2, 0.25) is 0 Å². The van der Waals surface area contributed by atoms with Gasteiger partial charge in [-0.1, -0.05) is 13.0 Å². The van der Waals surface area contributed by atoms with Gasteiger partial charge >= 0.3 is 35.8 Å². The molecule has 15 heteroatoms. The van der Waals surface area contributed by atoms with E-state index in [1.54, 1.807) is 0 Å². The van der Waals surface area contributed by atoms with E-state index in [-0.39, 0.29) is 0 Å². The minimum absolute atomic E-state index is 0.558. The van der Waals surface area contributed by atoms with Gasteiger partial charge in [-0.05, 0) is 44.6 Å². The van der Waals surface area contributed by atoms with Crippen LogP contribution in [0.15, 0.2) is 60.9 Å². The summed E-state index contributed by atoms with van der Waals surface area (Å²) < 4.78 is 0. The third kappa shape index (κ3) is 29.5. The molecule has 1 aliphatic rings. The zero-order valence-electron chi connectivity index (χ0n) is 22.3. The quantitative estimate of drug-likeness (QED) is 0.179. The Morgan fingerprint density at radius 3 is 1.44 bits per heavy atom. The molecule has 1 aromatic heterocycles. The fourth-order valence-electron chi connectivity index (χ4n) is 2.83. The number of carboxylic acid groups (broad SMARTS) is 6. The van der Waals surface area contributed by atoms with Crippen molar-refractivity contribution in [1.82, 2.24) is 15.2 Å². The molecule has 0 bridgehead atoms. The first-order valence-corrected chi connectivity index (χ1v) is 12.0. The predicted molar refractivity (Wildman–Crippen MR) is 144 cm³/mol. The number of aromatic nitrogens is 1. The minimum atomic E-state index is -1.26. The van der Waals surface area contributed by atoms with Crippen molar-refractivity contribution in [3.05, 3.63) is 66.5 Å². The molecule has 1 aromatic rings. The fraction of sp³-hybridized carbons (Fsp3) is 0.346. The molecule has 0 aliphatic carbocycles. The number of aliphatic carboxylic acids is 6. The van der Waals surface area contributed by atoms with E-state index < -0.39 is 35.8 Å². The number of rotatable bonds is 11. The van der Waals surface area contributed by atoms with Gasteiger partial charge in [-0.2, -0.15) is 0 Å². The Kier molecular flexibility index (Phi) is 22.6. The molecule has 7 N–H and O–H groups in total. The number of hydrogen-bond acceptors (Lipinski definition) is 9. The second-order valence-corrected chi connectivity index (χ2v) is 7.76. The van der Waals surface area contributed by atoms with Crippen LogP contribution in [0.4, 0.5) is 0 Å². The Morgan fingerprint density at radius 2 is 1.15 bits per heavy atom. The lowest BCUT2D eigenvalue weighted by Gasteiger charge is -2.31. The molecular weight excluding hydrogens is 546 g/mol. The lowest BCUT2D eigenvalue weighted by molar-refractivity contribution is -0.134. The van der Waals surface area contributed by atoms with Crippen molar-refractivity contribution in [3.8, 4) is 0 Å². The SMILES string of the molecule is CCN1CCC(NCCc2ccccn2)CC1.O=C(O)/C=C\C(=O)O.O=C(O)/C=C\C(=O)O.O=C(O)/C=C\C(=O)O. The molecule has 0 unspecified atom stereocenters. The van der Waals surface area contributed by atoms with Crippen LogP contribution in [0.1, 0.15) is 25.5 Å². The van der Waals surface area contributed by atoms with Crippen molar-refractivity contribution >= 4 is 35.8 Å². The number of carbonyl (C=O) groups is 6. The molecule has 15 nitrogen and oxygen atoms in total. The van der Waals surface area contributed by atoms with Crippen molar-refractivity contribution in [2.45, 2.75) is 32.2 Å². The average molecular weight is 582 g/mol. The summed E-state index contributed by atoms with van der Waals surface area (Å²) in [5, 5.41) is 50.5. The van der Waals surface area contributed by atoms with E-state index >= 15 is 0 Å². The number of nitrogens with one attached hydrogen (secondary N) is 1. The summed E-state index contributed by atoms with van der Waals surface area (Å²) in [4.78, 5) is 64.2. The van der Waals surface area contributed by atoms with Gasteiger partial charge < -0.3 is 40.9 Å². The van der Waals surface area contributed by atoms with Crippen LogP contribution in [-0.2, 0) is 35.2 Å². The van der Waals surface area contributed by atoms with E-state index in [2.05, 4.69) is 34.3 Å². The van der Waals surface area contributed by atoms with Crippen LogP contribution in [0.25, 0.3) is 0 Å². The molecular formula is C26H35N3O12. The summed E-state index contributed by atoms with van der Waals surface area (Å²) in [5.41, 5.74) is 1.19. The first-order valence-electron chi connectivity index (χ1n) is 12.0. The lowest BCUT2D eigenvalue weighted by Crippen LogP contribution is -2.42. The first kappa shape index (κ1) is 38.3. The summed E-state index contributed by atoms with van der Waals surface area (Å²) in [6, 6.07) is 6.84. The minimum Gasteiger partial charge on any atom is -0.478 e. The van der Waals surface area contributed by atoms with Crippen LogP contribution in [0.5, 0.6) is 0 Å². The third-order valence-electron chi connectivity index (χ3n) is 4.68. The van der Waals surface area contributed by atoms with Crippen LogP contribution >= 0.6 is 0 Å². The molecule has 0 atom stereocenters. The summed E-state index contributed by atoms with van der Waals surface area (Å²) in [6.45, 7) is 6.98. The molecule has 0 aromatic carbocycles. The van der Waals surface area contributed by atoms with Crippen molar-refractivity contribution < 1.29 is 59.4 Å². The molecule has 1 fully saturated rings. The Bertz CT molecular complexity index is 918. The number of nitrogens with zero attached hydrogens (tertiary/aromatic N) is 2. The molecule has 0 amide bonds. The highest BCUT2D eigenvalue weighted by Crippen LogP contribution is 2.09. The second-order valence-electron chi connectivity index (χ2n) is 7.76. The Hall–Kier alpha value is -4.89. The molecule has 2 rings (SSSR count). The topological polar surface area (TPSA) is 252 Å².